The molecule has 0 spiro atoms. The summed E-state index contributed by atoms with van der Waals surface area (Å²) in [6.45, 7) is 4.94. The first-order valence-electron chi connectivity index (χ1n) is 9.35. The summed E-state index contributed by atoms with van der Waals surface area (Å²) in [6.07, 6.45) is 0. The molecule has 150 valence electrons. The lowest BCUT2D eigenvalue weighted by Gasteiger charge is -2.34. The minimum Gasteiger partial charge on any atom is -0.454 e. The first kappa shape index (κ1) is 18.3. The summed E-state index contributed by atoms with van der Waals surface area (Å²) in [6, 6.07) is 9.22. The lowest BCUT2D eigenvalue weighted by Crippen LogP contribution is -2.50. The molecule has 7 nitrogen and oxygen atoms in total. The van der Waals surface area contributed by atoms with E-state index in [0.717, 1.165) is 39.0 Å². The van der Waals surface area contributed by atoms with E-state index < -0.39 is 0 Å². The Morgan fingerprint density at radius 1 is 1.14 bits per heavy atom. The van der Waals surface area contributed by atoms with Gasteiger partial charge in [-0.2, -0.15) is 0 Å². The van der Waals surface area contributed by atoms with E-state index in [0.29, 0.717) is 30.3 Å². The van der Waals surface area contributed by atoms with Crippen LogP contribution in [0.4, 0.5) is 15.6 Å². The van der Waals surface area contributed by atoms with Crippen molar-refractivity contribution in [3.05, 3.63) is 40.9 Å². The molecular weight excluding hydrogens is 412 g/mol. The quantitative estimate of drug-likeness (QED) is 0.655. The largest absolute Gasteiger partial charge is 0.454 e. The summed E-state index contributed by atoms with van der Waals surface area (Å²) in [5, 5.41) is 4.65. The van der Waals surface area contributed by atoms with Crippen LogP contribution in [0.1, 0.15) is 5.56 Å². The molecule has 5 rings (SSSR count). The number of nitrogens with one attached hydrogen (secondary N) is 1. The zero-order valence-electron chi connectivity index (χ0n) is 15.8. The SMILES string of the molecule is Cc1c(Cl)ccc2sc(N3CCN(C(=O)Nc4ccc5c(c4)OCO5)CC3)nc12. The molecule has 2 aliphatic rings. The van der Waals surface area contributed by atoms with Crippen molar-refractivity contribution in [2.75, 3.05) is 43.2 Å². The molecule has 2 amide bonds. The molecule has 0 radical (unpaired) electrons. The number of aryl methyl sites for hydroxylation is 1. The number of hydrogen-bond acceptors (Lipinski definition) is 6. The van der Waals surface area contributed by atoms with Crippen molar-refractivity contribution in [3.8, 4) is 11.5 Å². The number of urea groups is 1. The molecule has 0 atom stereocenters. The number of carbonyl (C=O) groups excluding carboxylic acids is 1. The molecule has 1 fully saturated rings. The maximum absolute atomic E-state index is 12.6. The highest BCUT2D eigenvalue weighted by atomic mass is 35.5. The van der Waals surface area contributed by atoms with Crippen LogP contribution in [0.3, 0.4) is 0 Å². The summed E-state index contributed by atoms with van der Waals surface area (Å²) in [7, 11) is 0. The third kappa shape index (κ3) is 3.42. The molecule has 1 aromatic heterocycles. The van der Waals surface area contributed by atoms with Crippen molar-refractivity contribution < 1.29 is 14.3 Å². The molecule has 1 N–H and O–H groups in total. The van der Waals surface area contributed by atoms with Gasteiger partial charge in [-0.15, -0.1) is 0 Å². The molecule has 0 unspecified atom stereocenters. The van der Waals surface area contributed by atoms with E-state index in [1.165, 1.54) is 0 Å². The van der Waals surface area contributed by atoms with Gasteiger partial charge < -0.3 is 24.6 Å². The van der Waals surface area contributed by atoms with Gasteiger partial charge >= 0.3 is 6.03 Å². The lowest BCUT2D eigenvalue weighted by atomic mass is 10.2. The zero-order chi connectivity index (χ0) is 20.0. The molecule has 1 saturated heterocycles. The fourth-order valence-corrected chi connectivity index (χ4v) is 4.73. The summed E-state index contributed by atoms with van der Waals surface area (Å²) in [5.41, 5.74) is 2.66. The van der Waals surface area contributed by atoms with Gasteiger partial charge in [0.05, 0.1) is 10.2 Å². The Labute approximate surface area is 176 Å². The van der Waals surface area contributed by atoms with Crippen molar-refractivity contribution in [1.29, 1.82) is 0 Å². The lowest BCUT2D eigenvalue weighted by molar-refractivity contribution is 0.174. The van der Waals surface area contributed by atoms with E-state index in [4.69, 9.17) is 26.1 Å². The smallest absolute Gasteiger partial charge is 0.321 e. The Bertz CT molecular complexity index is 1090. The Balaban J connectivity index is 1.23. The number of thiazole rings is 1. The fraction of sp³-hybridized carbons (Fsp3) is 0.300. The topological polar surface area (TPSA) is 66.9 Å². The first-order chi connectivity index (χ1) is 14.1. The number of fused-ring (bicyclic) bond motifs is 2. The number of rotatable bonds is 2. The standard InChI is InChI=1S/C20H19ClN4O3S/c1-12-14(21)3-5-17-18(12)23-20(29-17)25-8-6-24(7-9-25)19(26)22-13-2-4-15-16(10-13)28-11-27-15/h2-5,10H,6-9,11H2,1H3,(H,22,26). The second-order valence-electron chi connectivity index (χ2n) is 6.99. The van der Waals surface area contributed by atoms with Crippen LogP contribution in [-0.4, -0.2) is 48.9 Å². The number of hydrogen-bond donors (Lipinski definition) is 1. The second-order valence-corrected chi connectivity index (χ2v) is 8.40. The fourth-order valence-electron chi connectivity index (χ4n) is 3.50. The molecule has 3 aromatic rings. The van der Waals surface area contributed by atoms with Crippen LogP contribution in [0.5, 0.6) is 11.5 Å². The van der Waals surface area contributed by atoms with Gasteiger partial charge in [-0.1, -0.05) is 22.9 Å². The molecule has 9 heteroatoms. The normalized spacial score (nSPS) is 15.8. The van der Waals surface area contributed by atoms with Gasteiger partial charge in [0.25, 0.3) is 0 Å². The van der Waals surface area contributed by atoms with Gasteiger partial charge in [-0.3, -0.25) is 0 Å². The molecule has 0 saturated carbocycles. The number of piperazine rings is 1. The highest BCUT2D eigenvalue weighted by Crippen LogP contribution is 2.35. The van der Waals surface area contributed by atoms with Gasteiger partial charge in [0, 0.05) is 43.0 Å². The minimum absolute atomic E-state index is 0.115. The average Bonchev–Trinajstić information content (AvgIpc) is 3.38. The van der Waals surface area contributed by atoms with Crippen molar-refractivity contribution in [2.24, 2.45) is 0 Å². The predicted molar refractivity (Wildman–Crippen MR) is 115 cm³/mol. The third-order valence-electron chi connectivity index (χ3n) is 5.20. The molecular formula is C20H19ClN4O3S. The number of nitrogens with zero attached hydrogens (tertiary/aromatic N) is 3. The van der Waals surface area contributed by atoms with Gasteiger partial charge in [-0.25, -0.2) is 9.78 Å². The molecule has 29 heavy (non-hydrogen) atoms. The Morgan fingerprint density at radius 3 is 2.76 bits per heavy atom. The predicted octanol–water partition coefficient (Wildman–Crippen LogP) is 4.34. The molecule has 2 aliphatic heterocycles. The van der Waals surface area contributed by atoms with E-state index in [-0.39, 0.29) is 12.8 Å². The number of benzene rings is 2. The van der Waals surface area contributed by atoms with Gasteiger partial charge in [0.1, 0.15) is 0 Å². The van der Waals surface area contributed by atoms with Crippen LogP contribution < -0.4 is 19.7 Å². The number of amides is 2. The number of aromatic nitrogens is 1. The monoisotopic (exact) mass is 430 g/mol. The van der Waals surface area contributed by atoms with Crippen molar-refractivity contribution in [1.82, 2.24) is 9.88 Å². The van der Waals surface area contributed by atoms with Gasteiger partial charge in [0.15, 0.2) is 16.6 Å². The number of anilines is 2. The van der Waals surface area contributed by atoms with Gasteiger partial charge in [-0.05, 0) is 36.8 Å². The summed E-state index contributed by atoms with van der Waals surface area (Å²) >= 11 is 7.88. The summed E-state index contributed by atoms with van der Waals surface area (Å²) in [5.74, 6) is 1.35. The average molecular weight is 431 g/mol. The van der Waals surface area contributed by atoms with Crippen LogP contribution in [0.2, 0.25) is 5.02 Å². The number of ether oxygens (including phenoxy) is 2. The summed E-state index contributed by atoms with van der Waals surface area (Å²) < 4.78 is 11.8. The van der Waals surface area contributed by atoms with Crippen LogP contribution in [0, 0.1) is 6.92 Å². The first-order valence-corrected chi connectivity index (χ1v) is 10.5. The Morgan fingerprint density at radius 2 is 1.93 bits per heavy atom. The molecule has 0 bridgehead atoms. The molecule has 2 aromatic carbocycles. The van der Waals surface area contributed by atoms with Crippen molar-refractivity contribution in [2.45, 2.75) is 6.92 Å². The molecule has 3 heterocycles. The van der Waals surface area contributed by atoms with E-state index in [1.807, 2.05) is 30.0 Å². The van der Waals surface area contributed by atoms with E-state index >= 15 is 0 Å². The minimum atomic E-state index is -0.115. The maximum Gasteiger partial charge on any atom is 0.321 e. The van der Waals surface area contributed by atoms with E-state index in [1.54, 1.807) is 23.5 Å². The number of halogens is 1. The van der Waals surface area contributed by atoms with Crippen molar-refractivity contribution in [3.63, 3.8) is 0 Å². The molecule has 0 aliphatic carbocycles. The highest BCUT2D eigenvalue weighted by molar-refractivity contribution is 7.22. The Hall–Kier alpha value is -2.71. The third-order valence-corrected chi connectivity index (χ3v) is 6.69. The van der Waals surface area contributed by atoms with Crippen LogP contribution in [0.15, 0.2) is 30.3 Å². The summed E-state index contributed by atoms with van der Waals surface area (Å²) in [4.78, 5) is 21.5. The second kappa shape index (κ2) is 7.27. The maximum atomic E-state index is 12.6. The zero-order valence-corrected chi connectivity index (χ0v) is 17.3. The van der Waals surface area contributed by atoms with Crippen molar-refractivity contribution >= 4 is 50.0 Å². The van der Waals surface area contributed by atoms with E-state index in [9.17, 15) is 4.79 Å². The van der Waals surface area contributed by atoms with Crippen LogP contribution in [0.25, 0.3) is 10.2 Å². The highest BCUT2D eigenvalue weighted by Gasteiger charge is 2.24. The van der Waals surface area contributed by atoms with Crippen LogP contribution >= 0.6 is 22.9 Å². The van der Waals surface area contributed by atoms with Gasteiger partial charge in [0.2, 0.25) is 6.79 Å². The Kier molecular flexibility index (Phi) is 4.60. The van der Waals surface area contributed by atoms with Crippen LogP contribution in [-0.2, 0) is 0 Å². The number of carbonyl (C=O) groups is 1. The van der Waals surface area contributed by atoms with E-state index in [2.05, 4.69) is 10.2 Å².